The number of hydrogen-bond donors (Lipinski definition) is 0. The first kappa shape index (κ1) is 15.0. The lowest BCUT2D eigenvalue weighted by atomic mass is 9.81. The second kappa shape index (κ2) is 6.08. The number of rotatable bonds is 5. The molecule has 0 N–H and O–H groups in total. The van der Waals surface area contributed by atoms with E-state index in [0.29, 0.717) is 17.0 Å². The average Bonchev–Trinajstić information content (AvgIpc) is 2.61. The van der Waals surface area contributed by atoms with Crippen LogP contribution in [0.4, 0.5) is 5.69 Å². The molecule has 2 atom stereocenters. The first-order chi connectivity index (χ1) is 11.2. The van der Waals surface area contributed by atoms with E-state index in [2.05, 4.69) is 6.58 Å². The van der Waals surface area contributed by atoms with Crippen molar-refractivity contribution in [2.75, 3.05) is 12.0 Å². The Hall–Kier alpha value is -2.88. The van der Waals surface area contributed by atoms with E-state index in [1.54, 1.807) is 49.6 Å². The number of carbonyl (C=O) groups excluding carboxylic acids is 2. The van der Waals surface area contributed by atoms with E-state index < -0.39 is 12.0 Å². The van der Waals surface area contributed by atoms with Crippen molar-refractivity contribution in [1.82, 2.24) is 0 Å². The van der Waals surface area contributed by atoms with E-state index in [9.17, 15) is 9.59 Å². The van der Waals surface area contributed by atoms with Gasteiger partial charge in [-0.3, -0.25) is 14.5 Å². The molecule has 1 aliphatic heterocycles. The molecule has 2 aromatic rings. The zero-order chi connectivity index (χ0) is 16.4. The summed E-state index contributed by atoms with van der Waals surface area (Å²) in [7, 11) is 1.58. The van der Waals surface area contributed by atoms with E-state index in [1.165, 1.54) is 4.90 Å². The van der Waals surface area contributed by atoms with Gasteiger partial charge in [0.25, 0.3) is 0 Å². The van der Waals surface area contributed by atoms with Gasteiger partial charge in [-0.1, -0.05) is 36.4 Å². The maximum atomic E-state index is 12.8. The lowest BCUT2D eigenvalue weighted by molar-refractivity contribution is -0.127. The van der Waals surface area contributed by atoms with Crippen LogP contribution >= 0.6 is 0 Å². The van der Waals surface area contributed by atoms with Crippen molar-refractivity contribution < 1.29 is 14.3 Å². The summed E-state index contributed by atoms with van der Waals surface area (Å²) in [6, 6.07) is 15.6. The van der Waals surface area contributed by atoms with Gasteiger partial charge in [0.1, 0.15) is 11.8 Å². The molecule has 1 saturated heterocycles. The Morgan fingerprint density at radius 2 is 1.78 bits per heavy atom. The van der Waals surface area contributed by atoms with Gasteiger partial charge in [-0.25, -0.2) is 0 Å². The number of ketones is 1. The van der Waals surface area contributed by atoms with Gasteiger partial charge in [0.15, 0.2) is 5.78 Å². The van der Waals surface area contributed by atoms with Crippen LogP contribution in [-0.2, 0) is 4.79 Å². The van der Waals surface area contributed by atoms with Gasteiger partial charge in [-0.2, -0.15) is 0 Å². The zero-order valence-electron chi connectivity index (χ0n) is 12.8. The highest BCUT2D eigenvalue weighted by Gasteiger charge is 2.50. The molecule has 0 bridgehead atoms. The molecule has 23 heavy (non-hydrogen) atoms. The Balaban J connectivity index is 1.93. The Bertz CT molecular complexity index is 737. The lowest BCUT2D eigenvalue weighted by Gasteiger charge is -2.45. The molecule has 1 amide bonds. The molecule has 0 radical (unpaired) electrons. The van der Waals surface area contributed by atoms with Crippen LogP contribution in [0.5, 0.6) is 5.75 Å². The molecule has 0 aliphatic carbocycles. The summed E-state index contributed by atoms with van der Waals surface area (Å²) in [6.07, 6.45) is 1.55. The molecule has 1 fully saturated rings. The van der Waals surface area contributed by atoms with E-state index in [0.717, 1.165) is 0 Å². The summed E-state index contributed by atoms with van der Waals surface area (Å²) >= 11 is 0. The highest BCUT2D eigenvalue weighted by atomic mass is 16.5. The summed E-state index contributed by atoms with van der Waals surface area (Å²) < 4.78 is 5.13. The largest absolute Gasteiger partial charge is 0.497 e. The van der Waals surface area contributed by atoms with Crippen LogP contribution in [0.15, 0.2) is 67.3 Å². The van der Waals surface area contributed by atoms with Crippen molar-refractivity contribution in [2.24, 2.45) is 5.92 Å². The molecule has 0 unspecified atom stereocenters. The third-order valence-corrected chi connectivity index (χ3v) is 4.07. The number of methoxy groups -OCH3 is 1. The normalized spacial score (nSPS) is 19.9. The smallest absolute Gasteiger partial charge is 0.237 e. The second-order valence-electron chi connectivity index (χ2n) is 5.34. The molecule has 2 aromatic carbocycles. The van der Waals surface area contributed by atoms with Crippen molar-refractivity contribution in [1.29, 1.82) is 0 Å². The molecule has 3 rings (SSSR count). The van der Waals surface area contributed by atoms with Gasteiger partial charge >= 0.3 is 0 Å². The summed E-state index contributed by atoms with van der Waals surface area (Å²) in [4.78, 5) is 26.7. The van der Waals surface area contributed by atoms with E-state index in [-0.39, 0.29) is 11.7 Å². The molecule has 0 saturated carbocycles. The van der Waals surface area contributed by atoms with Crippen molar-refractivity contribution in [3.8, 4) is 5.75 Å². The third-order valence-electron chi connectivity index (χ3n) is 4.07. The Labute approximate surface area is 135 Å². The van der Waals surface area contributed by atoms with Crippen molar-refractivity contribution in [2.45, 2.75) is 6.04 Å². The molecule has 0 aromatic heterocycles. The number of Topliss-reactive ketones (excluding diaryl/α,β-unsaturated/α-hetero) is 1. The first-order valence-electron chi connectivity index (χ1n) is 7.36. The fourth-order valence-corrected chi connectivity index (χ4v) is 2.83. The molecule has 1 heterocycles. The van der Waals surface area contributed by atoms with Crippen molar-refractivity contribution in [3.05, 3.63) is 72.8 Å². The van der Waals surface area contributed by atoms with Gasteiger partial charge in [-0.15, -0.1) is 6.58 Å². The van der Waals surface area contributed by atoms with E-state index in [1.807, 2.05) is 18.2 Å². The highest BCUT2D eigenvalue weighted by molar-refractivity contribution is 6.17. The lowest BCUT2D eigenvalue weighted by Crippen LogP contribution is -2.64. The summed E-state index contributed by atoms with van der Waals surface area (Å²) in [6.45, 7) is 3.70. The van der Waals surface area contributed by atoms with Crippen LogP contribution < -0.4 is 9.64 Å². The number of nitrogens with zero attached hydrogens (tertiary/aromatic N) is 1. The van der Waals surface area contributed by atoms with Crippen molar-refractivity contribution in [3.63, 3.8) is 0 Å². The fourth-order valence-electron chi connectivity index (χ4n) is 2.83. The summed E-state index contributed by atoms with van der Waals surface area (Å²) in [5.41, 5.74) is 1.28. The second-order valence-corrected chi connectivity index (χ2v) is 5.34. The van der Waals surface area contributed by atoms with Crippen LogP contribution in [-0.4, -0.2) is 24.8 Å². The molecule has 1 aliphatic rings. The van der Waals surface area contributed by atoms with Gasteiger partial charge in [-0.05, 0) is 24.3 Å². The standard InChI is InChI=1S/C19H17NO3/c1-3-16-17(18(21)13-7-5-4-6-8-13)20(19(16)22)14-9-11-15(23-2)12-10-14/h3-12,16-17H,1H2,2H3/t16-,17+/m1/s1. The number of amides is 1. The SMILES string of the molecule is C=C[C@H]1C(=O)N(c2ccc(OC)cc2)[C@@H]1C(=O)c1ccccc1. The maximum absolute atomic E-state index is 12.8. The minimum absolute atomic E-state index is 0.0779. The minimum atomic E-state index is -0.546. The van der Waals surface area contributed by atoms with Crippen LogP contribution in [0.2, 0.25) is 0 Å². The van der Waals surface area contributed by atoms with Crippen LogP contribution in [0, 0.1) is 5.92 Å². The number of β-lactam (4-membered cyclic amide) rings is 1. The summed E-state index contributed by atoms with van der Waals surface area (Å²) in [5, 5.41) is 0. The molecule has 0 spiro atoms. The average molecular weight is 307 g/mol. The van der Waals surface area contributed by atoms with E-state index in [4.69, 9.17) is 4.74 Å². The number of benzene rings is 2. The monoisotopic (exact) mass is 307 g/mol. The molecule has 4 nitrogen and oxygen atoms in total. The van der Waals surface area contributed by atoms with Crippen LogP contribution in [0.25, 0.3) is 0 Å². The van der Waals surface area contributed by atoms with Crippen molar-refractivity contribution >= 4 is 17.4 Å². The summed E-state index contributed by atoms with van der Waals surface area (Å²) in [5.74, 6) is 0.0307. The Kier molecular flexibility index (Phi) is 3.98. The molecular formula is C19H17NO3. The quantitative estimate of drug-likeness (QED) is 0.484. The molecule has 4 heteroatoms. The van der Waals surface area contributed by atoms with E-state index >= 15 is 0 Å². The minimum Gasteiger partial charge on any atom is -0.497 e. The predicted octanol–water partition coefficient (Wildman–Crippen LogP) is 3.10. The van der Waals surface area contributed by atoms with Gasteiger partial charge in [0.05, 0.1) is 13.0 Å². The maximum Gasteiger partial charge on any atom is 0.237 e. The van der Waals surface area contributed by atoms with Gasteiger partial charge in [0.2, 0.25) is 5.91 Å². The highest BCUT2D eigenvalue weighted by Crippen LogP contribution is 2.36. The van der Waals surface area contributed by atoms with Gasteiger partial charge in [0, 0.05) is 11.3 Å². The Morgan fingerprint density at radius 3 is 2.35 bits per heavy atom. The van der Waals surface area contributed by atoms with Gasteiger partial charge < -0.3 is 4.74 Å². The number of ether oxygens (including phenoxy) is 1. The number of anilines is 1. The van der Waals surface area contributed by atoms with Crippen LogP contribution in [0.3, 0.4) is 0 Å². The number of hydrogen-bond acceptors (Lipinski definition) is 3. The number of carbonyl (C=O) groups is 2. The Morgan fingerprint density at radius 1 is 1.13 bits per heavy atom. The molecule has 116 valence electrons. The molecular weight excluding hydrogens is 290 g/mol. The fraction of sp³-hybridized carbons (Fsp3) is 0.158. The first-order valence-corrected chi connectivity index (χ1v) is 7.36. The zero-order valence-corrected chi connectivity index (χ0v) is 12.8. The van der Waals surface area contributed by atoms with Crippen LogP contribution in [0.1, 0.15) is 10.4 Å². The predicted molar refractivity (Wildman–Crippen MR) is 88.7 cm³/mol. The third kappa shape index (κ3) is 2.52. The topological polar surface area (TPSA) is 46.6 Å².